The van der Waals surface area contributed by atoms with Gasteiger partial charge in [-0.15, -0.1) is 0 Å². The summed E-state index contributed by atoms with van der Waals surface area (Å²) in [5.41, 5.74) is 0.808. The molecule has 138 valence electrons. The van der Waals surface area contributed by atoms with Crippen molar-refractivity contribution in [1.82, 2.24) is 0 Å². The van der Waals surface area contributed by atoms with Gasteiger partial charge in [0.1, 0.15) is 6.10 Å². The zero-order valence-electron chi connectivity index (χ0n) is 15.7. The highest BCUT2D eigenvalue weighted by molar-refractivity contribution is 5.83. The summed E-state index contributed by atoms with van der Waals surface area (Å²) in [6.07, 6.45) is 10.6. The van der Waals surface area contributed by atoms with Crippen LogP contribution in [0.2, 0.25) is 0 Å². The quantitative estimate of drug-likeness (QED) is 0.454. The van der Waals surface area contributed by atoms with E-state index in [0.29, 0.717) is 6.42 Å². The van der Waals surface area contributed by atoms with Gasteiger partial charge in [-0.05, 0) is 28.8 Å². The molecule has 0 aliphatic carbocycles. The third kappa shape index (κ3) is 6.80. The Balaban J connectivity index is 1.66. The molecule has 2 aromatic rings. The summed E-state index contributed by atoms with van der Waals surface area (Å²) < 4.78 is 0. The monoisotopic (exact) mass is 342 g/mol. The van der Waals surface area contributed by atoms with Gasteiger partial charge in [0.2, 0.25) is 0 Å². The molecule has 0 aromatic heterocycles. The molecule has 0 aliphatic heterocycles. The first-order valence-corrected chi connectivity index (χ1v) is 10.1. The normalized spacial score (nSPS) is 13.9. The van der Waals surface area contributed by atoms with Crippen molar-refractivity contribution in [2.24, 2.45) is 0 Å². The molecule has 0 bridgehead atoms. The fourth-order valence-corrected chi connectivity index (χ4v) is 3.44. The minimum absolute atomic E-state index is 0.670. The Labute approximate surface area is 152 Å². The lowest BCUT2D eigenvalue weighted by Crippen LogP contribution is -2.18. The van der Waals surface area contributed by atoms with Gasteiger partial charge in [-0.2, -0.15) is 0 Å². The van der Waals surface area contributed by atoms with Crippen LogP contribution in [-0.4, -0.2) is 16.3 Å². The standard InChI is InChI=1S/C23H34O2/c1-2-3-4-5-6-7-8-9-10-15-22(24)23(25)21-17-16-19-13-11-12-14-20(19)18-21/h11-14,16-18,22-25H,2-10,15H2,1H3. The van der Waals surface area contributed by atoms with E-state index >= 15 is 0 Å². The lowest BCUT2D eigenvalue weighted by molar-refractivity contribution is 0.0120. The van der Waals surface area contributed by atoms with Gasteiger partial charge in [-0.3, -0.25) is 0 Å². The van der Waals surface area contributed by atoms with Crippen LogP contribution in [0.15, 0.2) is 42.5 Å². The molecule has 2 N–H and O–H groups in total. The molecule has 2 rings (SSSR count). The molecule has 0 aliphatic rings. The van der Waals surface area contributed by atoms with Gasteiger partial charge in [-0.1, -0.05) is 101 Å². The summed E-state index contributed by atoms with van der Waals surface area (Å²) >= 11 is 0. The van der Waals surface area contributed by atoms with E-state index in [-0.39, 0.29) is 0 Å². The average Bonchev–Trinajstić information content (AvgIpc) is 2.65. The van der Waals surface area contributed by atoms with Gasteiger partial charge >= 0.3 is 0 Å². The zero-order valence-corrected chi connectivity index (χ0v) is 15.7. The van der Waals surface area contributed by atoms with Crippen molar-refractivity contribution in [2.45, 2.75) is 83.3 Å². The highest BCUT2D eigenvalue weighted by Crippen LogP contribution is 2.25. The van der Waals surface area contributed by atoms with Crippen molar-refractivity contribution in [3.63, 3.8) is 0 Å². The fraction of sp³-hybridized carbons (Fsp3) is 0.565. The number of aliphatic hydroxyl groups excluding tert-OH is 2. The Morgan fingerprint density at radius 1 is 0.720 bits per heavy atom. The highest BCUT2D eigenvalue weighted by Gasteiger charge is 2.18. The molecule has 2 heteroatoms. The molecule has 0 saturated carbocycles. The Morgan fingerprint density at radius 2 is 1.32 bits per heavy atom. The van der Waals surface area contributed by atoms with Crippen LogP contribution in [0.5, 0.6) is 0 Å². The molecule has 0 amide bonds. The van der Waals surface area contributed by atoms with Crippen LogP contribution in [0.4, 0.5) is 0 Å². The molecule has 2 nitrogen and oxygen atoms in total. The van der Waals surface area contributed by atoms with Crippen LogP contribution in [0, 0.1) is 0 Å². The number of rotatable bonds is 12. The van der Waals surface area contributed by atoms with Crippen LogP contribution < -0.4 is 0 Å². The number of fused-ring (bicyclic) bond motifs is 1. The third-order valence-corrected chi connectivity index (χ3v) is 5.08. The SMILES string of the molecule is CCCCCCCCCCCC(O)C(O)c1ccc2ccccc2c1. The number of hydrogen-bond acceptors (Lipinski definition) is 2. The van der Waals surface area contributed by atoms with E-state index in [1.165, 1.54) is 44.9 Å². The van der Waals surface area contributed by atoms with E-state index in [1.807, 2.05) is 36.4 Å². The second-order valence-corrected chi connectivity index (χ2v) is 7.24. The van der Waals surface area contributed by atoms with Gasteiger partial charge in [-0.25, -0.2) is 0 Å². The van der Waals surface area contributed by atoms with Crippen LogP contribution in [-0.2, 0) is 0 Å². The molecule has 0 spiro atoms. The largest absolute Gasteiger partial charge is 0.390 e. The van der Waals surface area contributed by atoms with Crippen LogP contribution in [0.25, 0.3) is 10.8 Å². The van der Waals surface area contributed by atoms with Crippen molar-refractivity contribution >= 4 is 10.8 Å². The second kappa shape index (κ2) is 11.3. The molecule has 0 saturated heterocycles. The average molecular weight is 343 g/mol. The van der Waals surface area contributed by atoms with E-state index in [9.17, 15) is 10.2 Å². The number of hydrogen-bond donors (Lipinski definition) is 2. The van der Waals surface area contributed by atoms with Gasteiger partial charge in [0.05, 0.1) is 6.10 Å². The molecule has 0 radical (unpaired) electrons. The maximum absolute atomic E-state index is 10.4. The minimum atomic E-state index is -0.793. The van der Waals surface area contributed by atoms with Gasteiger partial charge in [0, 0.05) is 0 Å². The Hall–Kier alpha value is -1.38. The minimum Gasteiger partial charge on any atom is -0.390 e. The summed E-state index contributed by atoms with van der Waals surface area (Å²) in [6, 6.07) is 14.0. The molecular formula is C23H34O2. The first-order chi connectivity index (χ1) is 12.2. The maximum atomic E-state index is 10.4. The lowest BCUT2D eigenvalue weighted by Gasteiger charge is -2.18. The van der Waals surface area contributed by atoms with Gasteiger partial charge < -0.3 is 10.2 Å². The lowest BCUT2D eigenvalue weighted by atomic mass is 9.97. The van der Waals surface area contributed by atoms with Crippen molar-refractivity contribution in [2.75, 3.05) is 0 Å². The third-order valence-electron chi connectivity index (χ3n) is 5.08. The molecule has 2 atom stereocenters. The molecule has 25 heavy (non-hydrogen) atoms. The van der Waals surface area contributed by atoms with E-state index in [4.69, 9.17) is 0 Å². The van der Waals surface area contributed by atoms with Crippen LogP contribution >= 0.6 is 0 Å². The topological polar surface area (TPSA) is 40.5 Å². The van der Waals surface area contributed by atoms with Crippen molar-refractivity contribution in [3.05, 3.63) is 48.0 Å². The van der Waals surface area contributed by atoms with Gasteiger partial charge in [0.25, 0.3) is 0 Å². The summed E-state index contributed by atoms with van der Waals surface area (Å²) in [5, 5.41) is 23.0. The van der Waals surface area contributed by atoms with E-state index in [2.05, 4.69) is 13.0 Å². The smallest absolute Gasteiger partial charge is 0.105 e. The summed E-state index contributed by atoms with van der Waals surface area (Å²) in [7, 11) is 0. The molecule has 2 aromatic carbocycles. The Bertz CT molecular complexity index is 608. The van der Waals surface area contributed by atoms with Crippen molar-refractivity contribution in [1.29, 1.82) is 0 Å². The second-order valence-electron chi connectivity index (χ2n) is 7.24. The first-order valence-electron chi connectivity index (χ1n) is 10.1. The highest BCUT2D eigenvalue weighted by atomic mass is 16.3. The van der Waals surface area contributed by atoms with Crippen LogP contribution in [0.1, 0.15) is 82.8 Å². The predicted octanol–water partition coefficient (Wildman–Crippen LogP) is 6.16. The Kier molecular flexibility index (Phi) is 8.99. The summed E-state index contributed by atoms with van der Waals surface area (Å²) in [5.74, 6) is 0. The first kappa shape index (κ1) is 19.9. The molecule has 2 unspecified atom stereocenters. The van der Waals surface area contributed by atoms with Crippen LogP contribution in [0.3, 0.4) is 0 Å². The maximum Gasteiger partial charge on any atom is 0.105 e. The number of unbranched alkanes of at least 4 members (excludes halogenated alkanes) is 8. The van der Waals surface area contributed by atoms with Crippen molar-refractivity contribution < 1.29 is 10.2 Å². The zero-order chi connectivity index (χ0) is 17.9. The fourth-order valence-electron chi connectivity index (χ4n) is 3.44. The summed E-state index contributed by atoms with van der Waals surface area (Å²) in [4.78, 5) is 0. The van der Waals surface area contributed by atoms with E-state index < -0.39 is 12.2 Å². The van der Waals surface area contributed by atoms with E-state index in [1.54, 1.807) is 0 Å². The molecule has 0 heterocycles. The number of benzene rings is 2. The predicted molar refractivity (Wildman–Crippen MR) is 107 cm³/mol. The number of aliphatic hydroxyl groups is 2. The Morgan fingerprint density at radius 3 is 2.00 bits per heavy atom. The van der Waals surface area contributed by atoms with E-state index in [0.717, 1.165) is 29.2 Å². The van der Waals surface area contributed by atoms with Gasteiger partial charge in [0.15, 0.2) is 0 Å². The summed E-state index contributed by atoms with van der Waals surface area (Å²) in [6.45, 7) is 2.25. The van der Waals surface area contributed by atoms with Crippen molar-refractivity contribution in [3.8, 4) is 0 Å². The molecule has 0 fully saturated rings. The molecular weight excluding hydrogens is 308 g/mol.